The molecule has 2 aliphatic carbocycles. The van der Waals surface area contributed by atoms with Crippen LogP contribution in [0.1, 0.15) is 36.0 Å². The number of nitrogens with one attached hydrogen (secondary N) is 2. The van der Waals surface area contributed by atoms with E-state index < -0.39 is 11.3 Å². The Bertz CT molecular complexity index is 1370. The van der Waals surface area contributed by atoms with Crippen molar-refractivity contribution in [1.29, 1.82) is 0 Å². The SMILES string of the molecule is COc1cc2nccc(Oc3ccc(NC(=O)C4(C(=O)NC5CC5)CC4)c(Cl)c3)c2cc1C(N)=O. The van der Waals surface area contributed by atoms with Gasteiger partial charge in [-0.25, -0.2) is 0 Å². The highest BCUT2D eigenvalue weighted by Crippen LogP contribution is 2.48. The smallest absolute Gasteiger partial charge is 0.252 e. The fourth-order valence-corrected chi connectivity index (χ4v) is 4.08. The monoisotopic (exact) mass is 494 g/mol. The van der Waals surface area contributed by atoms with Gasteiger partial charge in [0, 0.05) is 29.8 Å². The Morgan fingerprint density at radius 1 is 1.09 bits per heavy atom. The molecule has 1 aromatic heterocycles. The molecule has 0 bridgehead atoms. The number of ether oxygens (including phenoxy) is 2. The van der Waals surface area contributed by atoms with Crippen molar-refractivity contribution >= 4 is 45.9 Å². The molecular formula is C25H23ClN4O5. The van der Waals surface area contributed by atoms with Crippen molar-refractivity contribution in [3.63, 3.8) is 0 Å². The van der Waals surface area contributed by atoms with Crippen LogP contribution in [0, 0.1) is 5.41 Å². The molecule has 0 saturated heterocycles. The third-order valence-corrected chi connectivity index (χ3v) is 6.55. The minimum absolute atomic E-state index is 0.192. The number of hydrogen-bond acceptors (Lipinski definition) is 6. The van der Waals surface area contributed by atoms with Crippen molar-refractivity contribution in [3.05, 3.63) is 53.2 Å². The standard InChI is InChI=1S/C25H23ClN4O5/c1-34-21-12-19-15(11-16(21)22(27)31)20(6-9-28-19)35-14-4-5-18(17(26)10-14)30-24(33)25(7-8-25)23(32)29-13-2-3-13/h4-6,9-13H,2-3,7-8H2,1H3,(H2,27,31)(H,29,32)(H,30,33). The van der Waals surface area contributed by atoms with Gasteiger partial charge < -0.3 is 25.8 Å². The number of methoxy groups -OCH3 is 1. The molecule has 2 aromatic carbocycles. The molecule has 0 spiro atoms. The maximum Gasteiger partial charge on any atom is 0.252 e. The maximum absolute atomic E-state index is 12.8. The van der Waals surface area contributed by atoms with Gasteiger partial charge in [0.15, 0.2) is 0 Å². The number of anilines is 1. The molecule has 2 saturated carbocycles. The van der Waals surface area contributed by atoms with E-state index in [1.807, 2.05) is 0 Å². The highest BCUT2D eigenvalue weighted by atomic mass is 35.5. The van der Waals surface area contributed by atoms with Crippen LogP contribution >= 0.6 is 11.6 Å². The van der Waals surface area contributed by atoms with Gasteiger partial charge in [-0.1, -0.05) is 11.6 Å². The molecular weight excluding hydrogens is 472 g/mol. The van der Waals surface area contributed by atoms with Crippen LogP contribution in [0.4, 0.5) is 5.69 Å². The van der Waals surface area contributed by atoms with Gasteiger partial charge in [0.25, 0.3) is 5.91 Å². The Morgan fingerprint density at radius 3 is 2.49 bits per heavy atom. The van der Waals surface area contributed by atoms with Crippen LogP contribution in [0.25, 0.3) is 10.9 Å². The molecule has 35 heavy (non-hydrogen) atoms. The number of rotatable bonds is 8. The number of nitrogens with two attached hydrogens (primary N) is 1. The number of amides is 3. The molecule has 180 valence electrons. The molecule has 4 N–H and O–H groups in total. The van der Waals surface area contributed by atoms with Crippen LogP contribution in [0.15, 0.2) is 42.6 Å². The van der Waals surface area contributed by atoms with Crippen molar-refractivity contribution in [2.24, 2.45) is 11.1 Å². The highest BCUT2D eigenvalue weighted by molar-refractivity contribution is 6.34. The van der Waals surface area contributed by atoms with E-state index in [1.54, 1.807) is 42.6 Å². The van der Waals surface area contributed by atoms with Gasteiger partial charge >= 0.3 is 0 Å². The van der Waals surface area contributed by atoms with E-state index in [0.29, 0.717) is 46.7 Å². The number of nitrogens with zero attached hydrogens (tertiary/aromatic N) is 1. The predicted octanol–water partition coefficient (Wildman–Crippen LogP) is 3.79. The Balaban J connectivity index is 1.35. The summed E-state index contributed by atoms with van der Waals surface area (Å²) in [5.41, 5.74) is 5.61. The molecule has 5 rings (SSSR count). The van der Waals surface area contributed by atoms with Gasteiger partial charge in [0.1, 0.15) is 22.7 Å². The van der Waals surface area contributed by atoms with Crippen molar-refractivity contribution in [3.8, 4) is 17.2 Å². The second kappa shape index (κ2) is 8.74. The van der Waals surface area contributed by atoms with Crippen LogP contribution in [-0.4, -0.2) is 35.9 Å². The zero-order valence-electron chi connectivity index (χ0n) is 18.9. The van der Waals surface area contributed by atoms with Gasteiger partial charge in [0.2, 0.25) is 11.8 Å². The van der Waals surface area contributed by atoms with Gasteiger partial charge in [-0.05, 0) is 49.9 Å². The van der Waals surface area contributed by atoms with Gasteiger partial charge in [-0.3, -0.25) is 19.4 Å². The lowest BCUT2D eigenvalue weighted by Gasteiger charge is -2.16. The summed E-state index contributed by atoms with van der Waals surface area (Å²) >= 11 is 6.42. The Kier molecular flexibility index (Phi) is 5.72. The number of fused-ring (bicyclic) bond motifs is 1. The van der Waals surface area contributed by atoms with E-state index in [4.69, 9.17) is 26.8 Å². The number of aromatic nitrogens is 1. The van der Waals surface area contributed by atoms with Crippen LogP contribution in [0.3, 0.4) is 0 Å². The first-order chi connectivity index (χ1) is 16.8. The molecule has 3 aromatic rings. The van der Waals surface area contributed by atoms with Gasteiger partial charge in [-0.15, -0.1) is 0 Å². The maximum atomic E-state index is 12.8. The van der Waals surface area contributed by atoms with E-state index in [9.17, 15) is 14.4 Å². The minimum Gasteiger partial charge on any atom is -0.496 e. The zero-order valence-corrected chi connectivity index (χ0v) is 19.6. The second-order valence-electron chi connectivity index (χ2n) is 8.77. The number of hydrogen-bond donors (Lipinski definition) is 3. The van der Waals surface area contributed by atoms with Crippen molar-refractivity contribution < 1.29 is 23.9 Å². The first kappa shape index (κ1) is 22.9. The molecule has 0 radical (unpaired) electrons. The summed E-state index contributed by atoms with van der Waals surface area (Å²) < 4.78 is 11.3. The van der Waals surface area contributed by atoms with E-state index in [1.165, 1.54) is 7.11 Å². The Labute approximate surface area is 205 Å². The van der Waals surface area contributed by atoms with Crippen LogP contribution in [0.5, 0.6) is 17.2 Å². The first-order valence-corrected chi connectivity index (χ1v) is 11.5. The molecule has 9 nitrogen and oxygen atoms in total. The molecule has 2 fully saturated rings. The first-order valence-electron chi connectivity index (χ1n) is 11.2. The molecule has 10 heteroatoms. The zero-order chi connectivity index (χ0) is 24.7. The number of benzene rings is 2. The third-order valence-electron chi connectivity index (χ3n) is 6.24. The van der Waals surface area contributed by atoms with Crippen molar-refractivity contribution in [2.45, 2.75) is 31.7 Å². The summed E-state index contributed by atoms with van der Waals surface area (Å²) in [6.45, 7) is 0. The lowest BCUT2D eigenvalue weighted by Crippen LogP contribution is -2.40. The summed E-state index contributed by atoms with van der Waals surface area (Å²) in [7, 11) is 1.45. The van der Waals surface area contributed by atoms with Crippen molar-refractivity contribution in [1.82, 2.24) is 10.3 Å². The number of halogens is 1. The minimum atomic E-state index is -1.02. The second-order valence-corrected chi connectivity index (χ2v) is 9.18. The Hall–Kier alpha value is -3.85. The largest absolute Gasteiger partial charge is 0.496 e. The summed E-state index contributed by atoms with van der Waals surface area (Å²) in [5.74, 6) is -0.0615. The van der Waals surface area contributed by atoms with Crippen LogP contribution in [-0.2, 0) is 9.59 Å². The lowest BCUT2D eigenvalue weighted by molar-refractivity contribution is -0.134. The third kappa shape index (κ3) is 4.46. The highest BCUT2D eigenvalue weighted by Gasteiger charge is 2.57. The summed E-state index contributed by atoms with van der Waals surface area (Å²) in [6, 6.07) is 9.85. The topological polar surface area (TPSA) is 133 Å². The van der Waals surface area contributed by atoms with Gasteiger partial charge in [-0.2, -0.15) is 0 Å². The number of pyridine rings is 1. The summed E-state index contributed by atoms with van der Waals surface area (Å²) in [5, 5.41) is 6.51. The molecule has 0 unspecified atom stereocenters. The lowest BCUT2D eigenvalue weighted by atomic mass is 10.0. The van der Waals surface area contributed by atoms with E-state index in [-0.39, 0.29) is 28.4 Å². The normalized spacial score (nSPS) is 15.8. The average Bonchev–Trinajstić information content (AvgIpc) is 3.75. The molecule has 0 atom stereocenters. The summed E-state index contributed by atoms with van der Waals surface area (Å²) in [6.07, 6.45) is 4.52. The number of carbonyl (C=O) groups is 3. The molecule has 2 aliphatic rings. The predicted molar refractivity (Wildman–Crippen MR) is 130 cm³/mol. The number of carbonyl (C=O) groups excluding carboxylic acids is 3. The quantitative estimate of drug-likeness (QED) is 0.408. The fourth-order valence-electron chi connectivity index (χ4n) is 3.86. The fraction of sp³-hybridized carbons (Fsp3) is 0.280. The molecule has 1 heterocycles. The van der Waals surface area contributed by atoms with Crippen LogP contribution < -0.4 is 25.8 Å². The van der Waals surface area contributed by atoms with E-state index >= 15 is 0 Å². The van der Waals surface area contributed by atoms with E-state index in [2.05, 4.69) is 15.6 Å². The number of primary amides is 1. The molecule has 0 aliphatic heterocycles. The Morgan fingerprint density at radius 2 is 1.86 bits per heavy atom. The molecule has 3 amide bonds. The van der Waals surface area contributed by atoms with Crippen molar-refractivity contribution in [2.75, 3.05) is 12.4 Å². The van der Waals surface area contributed by atoms with Crippen LogP contribution in [0.2, 0.25) is 5.02 Å². The summed E-state index contributed by atoms with van der Waals surface area (Å²) in [4.78, 5) is 41.5. The van der Waals surface area contributed by atoms with Gasteiger partial charge in [0.05, 0.1) is 28.9 Å². The van der Waals surface area contributed by atoms with E-state index in [0.717, 1.165) is 12.8 Å². The average molecular weight is 495 g/mol.